The fourth-order valence-corrected chi connectivity index (χ4v) is 4.74. The van der Waals surface area contributed by atoms with Gasteiger partial charge in [0.1, 0.15) is 6.67 Å². The van der Waals surface area contributed by atoms with E-state index in [0.717, 1.165) is 24.2 Å². The predicted octanol–water partition coefficient (Wildman–Crippen LogP) is 5.72. The van der Waals surface area contributed by atoms with Gasteiger partial charge in [0.2, 0.25) is 0 Å². The Morgan fingerprint density at radius 3 is 1.76 bits per heavy atom. The van der Waals surface area contributed by atoms with Crippen LogP contribution in [-0.2, 0) is 4.79 Å². The van der Waals surface area contributed by atoms with Crippen molar-refractivity contribution in [3.63, 3.8) is 0 Å². The summed E-state index contributed by atoms with van der Waals surface area (Å²) >= 11 is 0. The summed E-state index contributed by atoms with van der Waals surface area (Å²) in [4.78, 5) is 11.1. The Bertz CT molecular complexity index is 299. The molecule has 0 unspecified atom stereocenters. The van der Waals surface area contributed by atoms with E-state index < -0.39 is 6.67 Å². The highest BCUT2D eigenvalue weighted by molar-refractivity contribution is 5.79. The zero-order valence-corrected chi connectivity index (χ0v) is 13.8. The van der Waals surface area contributed by atoms with Crippen LogP contribution >= 0.6 is 0 Å². The van der Waals surface area contributed by atoms with E-state index in [4.69, 9.17) is 0 Å². The van der Waals surface area contributed by atoms with E-state index >= 15 is 0 Å². The molecule has 2 heteroatoms. The molecular weight excluding hydrogens is 263 g/mol. The van der Waals surface area contributed by atoms with Gasteiger partial charge in [-0.25, -0.2) is 4.39 Å². The van der Waals surface area contributed by atoms with Crippen molar-refractivity contribution >= 4 is 5.78 Å². The van der Waals surface area contributed by atoms with Crippen LogP contribution in [0.25, 0.3) is 0 Å². The van der Waals surface area contributed by atoms with Gasteiger partial charge in [0.25, 0.3) is 0 Å². The monoisotopic (exact) mass is 296 g/mol. The Hall–Kier alpha value is -0.400. The van der Waals surface area contributed by atoms with E-state index in [1.807, 2.05) is 0 Å². The molecule has 2 aliphatic carbocycles. The van der Waals surface area contributed by atoms with Gasteiger partial charge in [-0.2, -0.15) is 0 Å². The number of carbonyl (C=O) groups is 1. The molecule has 0 N–H and O–H groups in total. The molecule has 0 radical (unpaired) electrons. The smallest absolute Gasteiger partial charge is 0.163 e. The van der Waals surface area contributed by atoms with Gasteiger partial charge in [-0.1, -0.05) is 45.4 Å². The lowest BCUT2D eigenvalue weighted by molar-refractivity contribution is -0.120. The van der Waals surface area contributed by atoms with Gasteiger partial charge in [0, 0.05) is 6.42 Å². The third-order valence-corrected chi connectivity index (χ3v) is 6.13. The molecule has 2 saturated carbocycles. The van der Waals surface area contributed by atoms with E-state index in [-0.39, 0.29) is 5.78 Å². The molecule has 0 aliphatic heterocycles. The van der Waals surface area contributed by atoms with Crippen LogP contribution in [0.2, 0.25) is 0 Å². The third-order valence-electron chi connectivity index (χ3n) is 6.13. The van der Waals surface area contributed by atoms with Gasteiger partial charge in [-0.15, -0.1) is 0 Å². The maximum atomic E-state index is 12.2. The molecule has 0 spiro atoms. The second-order valence-electron chi connectivity index (χ2n) is 7.56. The van der Waals surface area contributed by atoms with Crippen LogP contribution in [0.15, 0.2) is 0 Å². The van der Waals surface area contributed by atoms with E-state index in [1.54, 1.807) is 0 Å². The van der Waals surface area contributed by atoms with Crippen LogP contribution in [0.5, 0.6) is 0 Å². The van der Waals surface area contributed by atoms with Gasteiger partial charge in [0.15, 0.2) is 5.78 Å². The largest absolute Gasteiger partial charge is 0.297 e. The number of alkyl halides is 1. The second-order valence-corrected chi connectivity index (χ2v) is 7.56. The Kier molecular flexibility index (Phi) is 7.19. The van der Waals surface area contributed by atoms with Gasteiger partial charge >= 0.3 is 0 Å². The SMILES string of the molecule is CCCC1CCC(C2CCC(CCC(=O)CF)CC2)CC1. The Labute approximate surface area is 130 Å². The molecule has 0 aromatic heterocycles. The zero-order chi connectivity index (χ0) is 15.1. The van der Waals surface area contributed by atoms with Crippen LogP contribution < -0.4 is 0 Å². The van der Waals surface area contributed by atoms with Gasteiger partial charge in [-0.05, 0) is 55.8 Å². The molecule has 0 aromatic rings. The van der Waals surface area contributed by atoms with Crippen LogP contribution in [0.4, 0.5) is 4.39 Å². The molecule has 1 nitrogen and oxygen atoms in total. The van der Waals surface area contributed by atoms with Crippen LogP contribution in [0.1, 0.15) is 84.0 Å². The summed E-state index contributed by atoms with van der Waals surface area (Å²) in [6, 6.07) is 0. The Morgan fingerprint density at radius 1 is 0.857 bits per heavy atom. The lowest BCUT2D eigenvalue weighted by atomic mass is 9.68. The quantitative estimate of drug-likeness (QED) is 0.587. The fourth-order valence-electron chi connectivity index (χ4n) is 4.74. The molecule has 0 heterocycles. The minimum atomic E-state index is -0.768. The zero-order valence-electron chi connectivity index (χ0n) is 13.8. The van der Waals surface area contributed by atoms with Gasteiger partial charge in [0.05, 0.1) is 0 Å². The molecule has 122 valence electrons. The standard InChI is InChI=1S/C19H33FO/c1-2-3-15-4-9-17(10-5-15)18-11-6-16(7-12-18)8-13-19(21)14-20/h15-18H,2-14H2,1H3. The second kappa shape index (κ2) is 8.90. The molecule has 2 rings (SSSR count). The number of hydrogen-bond donors (Lipinski definition) is 0. The number of halogens is 1. The van der Waals surface area contributed by atoms with E-state index in [1.165, 1.54) is 64.2 Å². The highest BCUT2D eigenvalue weighted by Gasteiger charge is 2.30. The average molecular weight is 296 g/mol. The highest BCUT2D eigenvalue weighted by Crippen LogP contribution is 2.42. The molecule has 2 aliphatic rings. The summed E-state index contributed by atoms with van der Waals surface area (Å²) in [6.45, 7) is 1.54. The minimum absolute atomic E-state index is 0.202. The number of hydrogen-bond acceptors (Lipinski definition) is 1. The number of carbonyl (C=O) groups excluding carboxylic acids is 1. The first-order chi connectivity index (χ1) is 10.2. The predicted molar refractivity (Wildman–Crippen MR) is 86.0 cm³/mol. The van der Waals surface area contributed by atoms with Gasteiger partial charge < -0.3 is 0 Å². The highest BCUT2D eigenvalue weighted by atomic mass is 19.1. The minimum Gasteiger partial charge on any atom is -0.297 e. The summed E-state index contributed by atoms with van der Waals surface area (Å²) in [7, 11) is 0. The third kappa shape index (κ3) is 5.38. The van der Waals surface area contributed by atoms with Crippen LogP contribution in [0.3, 0.4) is 0 Å². The van der Waals surface area contributed by atoms with Crippen LogP contribution in [-0.4, -0.2) is 12.5 Å². The molecule has 21 heavy (non-hydrogen) atoms. The summed E-state index contributed by atoms with van der Waals surface area (Å²) < 4.78 is 12.2. The molecule has 2 fully saturated rings. The first kappa shape index (κ1) is 17.0. The maximum absolute atomic E-state index is 12.2. The molecule has 0 amide bonds. The molecule has 0 aromatic carbocycles. The van der Waals surface area contributed by atoms with Crippen molar-refractivity contribution in [3.05, 3.63) is 0 Å². The maximum Gasteiger partial charge on any atom is 0.163 e. The van der Waals surface area contributed by atoms with Crippen molar-refractivity contribution in [2.45, 2.75) is 84.0 Å². The van der Waals surface area contributed by atoms with Crippen molar-refractivity contribution in [1.82, 2.24) is 0 Å². The topological polar surface area (TPSA) is 17.1 Å². The fraction of sp³-hybridized carbons (Fsp3) is 0.947. The lowest BCUT2D eigenvalue weighted by Crippen LogP contribution is -2.26. The van der Waals surface area contributed by atoms with Gasteiger partial charge in [-0.3, -0.25) is 4.79 Å². The number of ketones is 1. The number of rotatable bonds is 7. The summed E-state index contributed by atoms with van der Waals surface area (Å²) in [6.07, 6.45) is 15.3. The average Bonchev–Trinajstić information content (AvgIpc) is 2.54. The van der Waals surface area contributed by atoms with Crippen molar-refractivity contribution in [2.75, 3.05) is 6.67 Å². The number of Topliss-reactive ketones (excluding diaryl/α,β-unsaturated/α-hetero) is 1. The first-order valence-corrected chi connectivity index (χ1v) is 9.30. The lowest BCUT2D eigenvalue weighted by Gasteiger charge is -2.38. The molecule has 0 atom stereocenters. The van der Waals surface area contributed by atoms with Crippen LogP contribution in [0, 0.1) is 23.7 Å². The summed E-state index contributed by atoms with van der Waals surface area (Å²) in [5, 5.41) is 0. The molecule has 0 saturated heterocycles. The van der Waals surface area contributed by atoms with Crippen molar-refractivity contribution < 1.29 is 9.18 Å². The van der Waals surface area contributed by atoms with E-state index in [9.17, 15) is 9.18 Å². The summed E-state index contributed by atoms with van der Waals surface area (Å²) in [5.41, 5.74) is 0. The normalized spacial score (nSPS) is 33.8. The van der Waals surface area contributed by atoms with E-state index in [2.05, 4.69) is 6.92 Å². The Morgan fingerprint density at radius 2 is 1.33 bits per heavy atom. The van der Waals surface area contributed by atoms with Crippen molar-refractivity contribution in [3.8, 4) is 0 Å². The first-order valence-electron chi connectivity index (χ1n) is 9.30. The summed E-state index contributed by atoms with van der Waals surface area (Å²) in [5.74, 6) is 3.42. The molecule has 0 bridgehead atoms. The Balaban J connectivity index is 1.64. The van der Waals surface area contributed by atoms with Crippen molar-refractivity contribution in [1.29, 1.82) is 0 Å². The molecular formula is C19H33FO. The van der Waals surface area contributed by atoms with Crippen molar-refractivity contribution in [2.24, 2.45) is 23.7 Å². The van der Waals surface area contributed by atoms with E-state index in [0.29, 0.717) is 12.3 Å².